The van der Waals surface area contributed by atoms with Crippen molar-refractivity contribution in [1.29, 1.82) is 0 Å². The van der Waals surface area contributed by atoms with E-state index in [-0.39, 0.29) is 17.0 Å². The average Bonchev–Trinajstić information content (AvgIpc) is 3.04. The fourth-order valence-corrected chi connectivity index (χ4v) is 3.10. The molecule has 2 amide bonds. The Morgan fingerprint density at radius 3 is 2.46 bits per heavy atom. The fraction of sp³-hybridized carbons (Fsp3) is 0.150. The minimum absolute atomic E-state index is 0.265. The molecule has 0 bridgehead atoms. The van der Waals surface area contributed by atoms with E-state index in [1.54, 1.807) is 57.4 Å². The van der Waals surface area contributed by atoms with Crippen molar-refractivity contribution in [2.45, 2.75) is 6.92 Å². The third kappa shape index (κ3) is 3.88. The lowest BCUT2D eigenvalue weighted by Crippen LogP contribution is -2.22. The number of nitrogens with one attached hydrogen (secondary N) is 1. The second-order valence-corrected chi connectivity index (χ2v) is 7.10. The number of amides is 2. The van der Waals surface area contributed by atoms with E-state index in [9.17, 15) is 9.59 Å². The Morgan fingerprint density at radius 1 is 1.07 bits per heavy atom. The van der Waals surface area contributed by atoms with Crippen LogP contribution in [-0.4, -0.2) is 36.0 Å². The molecule has 28 heavy (non-hydrogen) atoms. The molecule has 0 saturated heterocycles. The standard InChI is InChI=1S/C20H17Cl2N3O3/c1-11-17(18(24-28-11)13-6-4-5-7-15(13)21)19(26)23-12-8-9-16(22)14(10-12)20(27)25(2)3/h4-10H,1-3H3,(H,23,26). The van der Waals surface area contributed by atoms with Gasteiger partial charge < -0.3 is 14.7 Å². The zero-order valence-electron chi connectivity index (χ0n) is 15.4. The molecule has 3 aromatic rings. The van der Waals surface area contributed by atoms with Gasteiger partial charge in [0.05, 0.1) is 15.6 Å². The molecule has 0 aliphatic carbocycles. The molecule has 6 nitrogen and oxygen atoms in total. The largest absolute Gasteiger partial charge is 0.360 e. The van der Waals surface area contributed by atoms with Crippen LogP contribution in [0.15, 0.2) is 47.0 Å². The topological polar surface area (TPSA) is 75.4 Å². The lowest BCUT2D eigenvalue weighted by molar-refractivity contribution is 0.0827. The highest BCUT2D eigenvalue weighted by Gasteiger charge is 2.23. The first-order valence-electron chi connectivity index (χ1n) is 8.33. The van der Waals surface area contributed by atoms with Crippen LogP contribution in [0.5, 0.6) is 0 Å². The van der Waals surface area contributed by atoms with Crippen LogP contribution >= 0.6 is 23.2 Å². The maximum Gasteiger partial charge on any atom is 0.261 e. The van der Waals surface area contributed by atoms with E-state index in [0.717, 1.165) is 0 Å². The maximum absolute atomic E-state index is 12.9. The zero-order chi connectivity index (χ0) is 20.4. The summed E-state index contributed by atoms with van der Waals surface area (Å²) in [5.41, 5.74) is 1.91. The predicted octanol–water partition coefficient (Wildman–Crippen LogP) is 4.91. The van der Waals surface area contributed by atoms with Crippen molar-refractivity contribution in [2.24, 2.45) is 0 Å². The van der Waals surface area contributed by atoms with Crippen LogP contribution in [0.2, 0.25) is 10.0 Å². The lowest BCUT2D eigenvalue weighted by Gasteiger charge is -2.13. The molecule has 0 atom stereocenters. The molecule has 0 spiro atoms. The number of anilines is 1. The molecule has 2 aromatic carbocycles. The first-order valence-corrected chi connectivity index (χ1v) is 9.09. The third-order valence-corrected chi connectivity index (χ3v) is 4.74. The van der Waals surface area contributed by atoms with Crippen molar-refractivity contribution in [3.05, 3.63) is 69.4 Å². The van der Waals surface area contributed by atoms with Crippen LogP contribution in [0.4, 0.5) is 5.69 Å². The van der Waals surface area contributed by atoms with E-state index in [1.165, 1.54) is 11.0 Å². The van der Waals surface area contributed by atoms with Gasteiger partial charge in [0.15, 0.2) is 0 Å². The number of aromatic nitrogens is 1. The van der Waals surface area contributed by atoms with E-state index in [2.05, 4.69) is 10.5 Å². The van der Waals surface area contributed by atoms with Gasteiger partial charge in [0, 0.05) is 25.3 Å². The number of halogens is 2. The maximum atomic E-state index is 12.9. The van der Waals surface area contributed by atoms with E-state index in [4.69, 9.17) is 27.7 Å². The summed E-state index contributed by atoms with van der Waals surface area (Å²) >= 11 is 12.4. The molecule has 0 radical (unpaired) electrons. The van der Waals surface area contributed by atoms with Gasteiger partial charge in [-0.05, 0) is 31.2 Å². The Balaban J connectivity index is 1.95. The average molecular weight is 418 g/mol. The van der Waals surface area contributed by atoms with Crippen LogP contribution in [-0.2, 0) is 0 Å². The number of carbonyl (C=O) groups is 2. The molecule has 1 N–H and O–H groups in total. The quantitative estimate of drug-likeness (QED) is 0.653. The molecule has 0 aliphatic rings. The molecule has 3 rings (SSSR count). The van der Waals surface area contributed by atoms with Crippen LogP contribution in [0.1, 0.15) is 26.5 Å². The predicted molar refractivity (Wildman–Crippen MR) is 109 cm³/mol. The zero-order valence-corrected chi connectivity index (χ0v) is 16.9. The molecule has 0 unspecified atom stereocenters. The molecule has 144 valence electrons. The summed E-state index contributed by atoms with van der Waals surface area (Å²) in [4.78, 5) is 26.6. The SMILES string of the molecule is Cc1onc(-c2ccccc2Cl)c1C(=O)Nc1ccc(Cl)c(C(=O)N(C)C)c1. The number of hydrogen-bond donors (Lipinski definition) is 1. The van der Waals surface area contributed by atoms with E-state index < -0.39 is 5.91 Å². The molecular formula is C20H17Cl2N3O3. The Hall–Kier alpha value is -2.83. The highest BCUT2D eigenvalue weighted by atomic mass is 35.5. The molecular weight excluding hydrogens is 401 g/mol. The summed E-state index contributed by atoms with van der Waals surface area (Å²) in [7, 11) is 3.25. The number of nitrogens with zero attached hydrogens (tertiary/aromatic N) is 2. The summed E-state index contributed by atoms with van der Waals surface area (Å²) < 4.78 is 5.23. The summed E-state index contributed by atoms with van der Waals surface area (Å²) in [6.07, 6.45) is 0. The van der Waals surface area contributed by atoms with Crippen LogP contribution in [0.25, 0.3) is 11.3 Å². The normalized spacial score (nSPS) is 10.6. The fourth-order valence-electron chi connectivity index (χ4n) is 2.68. The minimum Gasteiger partial charge on any atom is -0.360 e. The second kappa shape index (κ2) is 8.04. The van der Waals surface area contributed by atoms with E-state index in [1.807, 2.05) is 0 Å². The first kappa shape index (κ1) is 19.9. The van der Waals surface area contributed by atoms with Gasteiger partial charge in [0.25, 0.3) is 11.8 Å². The van der Waals surface area contributed by atoms with Gasteiger partial charge in [-0.25, -0.2) is 0 Å². The number of rotatable bonds is 4. The summed E-state index contributed by atoms with van der Waals surface area (Å²) in [6.45, 7) is 1.64. The van der Waals surface area contributed by atoms with Gasteiger partial charge in [-0.2, -0.15) is 0 Å². The van der Waals surface area contributed by atoms with Crippen molar-refractivity contribution in [2.75, 3.05) is 19.4 Å². The Bertz CT molecular complexity index is 1060. The van der Waals surface area contributed by atoms with Gasteiger partial charge in [0.2, 0.25) is 0 Å². The Morgan fingerprint density at radius 2 is 1.79 bits per heavy atom. The van der Waals surface area contributed by atoms with Crippen molar-refractivity contribution in [3.8, 4) is 11.3 Å². The van der Waals surface area contributed by atoms with Crippen molar-refractivity contribution in [1.82, 2.24) is 10.1 Å². The Kier molecular flexibility index (Phi) is 5.72. The number of carbonyl (C=O) groups excluding carboxylic acids is 2. The first-order chi connectivity index (χ1) is 13.3. The molecule has 0 saturated carbocycles. The minimum atomic E-state index is -0.431. The van der Waals surface area contributed by atoms with Crippen molar-refractivity contribution >= 4 is 40.7 Å². The third-order valence-electron chi connectivity index (χ3n) is 4.08. The van der Waals surface area contributed by atoms with E-state index in [0.29, 0.717) is 32.8 Å². The van der Waals surface area contributed by atoms with Crippen LogP contribution in [0, 0.1) is 6.92 Å². The highest BCUT2D eigenvalue weighted by Crippen LogP contribution is 2.31. The van der Waals surface area contributed by atoms with Gasteiger partial charge in [-0.3, -0.25) is 9.59 Å². The molecule has 8 heteroatoms. The van der Waals surface area contributed by atoms with Gasteiger partial charge in [-0.15, -0.1) is 0 Å². The van der Waals surface area contributed by atoms with Gasteiger partial charge >= 0.3 is 0 Å². The second-order valence-electron chi connectivity index (χ2n) is 6.29. The lowest BCUT2D eigenvalue weighted by atomic mass is 10.1. The molecule has 0 aliphatic heterocycles. The van der Waals surface area contributed by atoms with Crippen molar-refractivity contribution in [3.63, 3.8) is 0 Å². The molecule has 0 fully saturated rings. The van der Waals surface area contributed by atoms with Crippen LogP contribution < -0.4 is 5.32 Å². The smallest absolute Gasteiger partial charge is 0.261 e. The summed E-state index contributed by atoms with van der Waals surface area (Å²) in [6, 6.07) is 11.8. The monoisotopic (exact) mass is 417 g/mol. The van der Waals surface area contributed by atoms with Gasteiger partial charge in [-0.1, -0.05) is 46.6 Å². The van der Waals surface area contributed by atoms with E-state index >= 15 is 0 Å². The molecule has 1 heterocycles. The number of aryl methyl sites for hydroxylation is 1. The van der Waals surface area contributed by atoms with Gasteiger partial charge in [0.1, 0.15) is 17.0 Å². The number of hydrogen-bond acceptors (Lipinski definition) is 4. The summed E-state index contributed by atoms with van der Waals surface area (Å²) in [5.74, 6) is -0.343. The van der Waals surface area contributed by atoms with Crippen molar-refractivity contribution < 1.29 is 14.1 Å². The number of benzene rings is 2. The van der Waals surface area contributed by atoms with Crippen LogP contribution in [0.3, 0.4) is 0 Å². The highest BCUT2D eigenvalue weighted by molar-refractivity contribution is 6.34. The molecule has 1 aromatic heterocycles. The summed E-state index contributed by atoms with van der Waals surface area (Å²) in [5, 5.41) is 7.51. The Labute approximate surface area is 172 Å².